The van der Waals surface area contributed by atoms with Crippen LogP contribution < -0.4 is 15.4 Å². The minimum Gasteiger partial charge on any atom is -0.473 e. The van der Waals surface area contributed by atoms with E-state index in [4.69, 9.17) is 25.0 Å². The highest BCUT2D eigenvalue weighted by Crippen LogP contribution is 2.55. The van der Waals surface area contributed by atoms with Gasteiger partial charge in [0.05, 0.1) is 29.4 Å². The molecule has 0 saturated carbocycles. The normalized spacial score (nSPS) is 23.4. The van der Waals surface area contributed by atoms with E-state index in [1.54, 1.807) is 11.3 Å². The van der Waals surface area contributed by atoms with Crippen molar-refractivity contribution in [3.05, 3.63) is 50.8 Å². The number of aryl methyl sites for hydroxylation is 2. The van der Waals surface area contributed by atoms with Crippen LogP contribution in [0, 0.1) is 11.3 Å². The highest BCUT2D eigenvalue weighted by atomic mass is 32.1. The van der Waals surface area contributed by atoms with Crippen LogP contribution in [0.25, 0.3) is 11.5 Å². The van der Waals surface area contributed by atoms with Gasteiger partial charge in [0.15, 0.2) is 17.3 Å². The van der Waals surface area contributed by atoms with Gasteiger partial charge in [-0.2, -0.15) is 15.3 Å². The van der Waals surface area contributed by atoms with E-state index in [1.807, 2.05) is 24.0 Å². The van der Waals surface area contributed by atoms with Crippen LogP contribution in [0.5, 0.6) is 5.88 Å². The summed E-state index contributed by atoms with van der Waals surface area (Å²) in [5, 5.41) is 19.8. The zero-order chi connectivity index (χ0) is 30.2. The van der Waals surface area contributed by atoms with Crippen molar-refractivity contribution in [3.8, 4) is 23.5 Å². The zero-order valence-electron chi connectivity index (χ0n) is 25.5. The van der Waals surface area contributed by atoms with Gasteiger partial charge in [0.2, 0.25) is 5.88 Å². The van der Waals surface area contributed by atoms with Gasteiger partial charge in [0.1, 0.15) is 23.0 Å². The van der Waals surface area contributed by atoms with Crippen molar-refractivity contribution >= 4 is 22.2 Å². The van der Waals surface area contributed by atoms with Crippen molar-refractivity contribution in [2.45, 2.75) is 88.9 Å². The Kier molecular flexibility index (Phi) is 6.46. The van der Waals surface area contributed by atoms with Crippen molar-refractivity contribution in [1.29, 1.82) is 5.26 Å². The fourth-order valence-corrected chi connectivity index (χ4v) is 9.37. The van der Waals surface area contributed by atoms with Gasteiger partial charge in [-0.05, 0) is 77.4 Å². The van der Waals surface area contributed by atoms with Crippen molar-refractivity contribution < 1.29 is 9.26 Å². The lowest BCUT2D eigenvalue weighted by Crippen LogP contribution is -2.38. The van der Waals surface area contributed by atoms with Gasteiger partial charge < -0.3 is 19.9 Å². The molecule has 4 aromatic heterocycles. The van der Waals surface area contributed by atoms with Gasteiger partial charge in [0, 0.05) is 41.7 Å². The molecule has 4 aromatic rings. The Labute approximate surface area is 260 Å². The van der Waals surface area contributed by atoms with Crippen LogP contribution >= 0.6 is 11.3 Å². The fourth-order valence-electron chi connectivity index (χ4n) is 8.20. The molecule has 1 spiro atoms. The van der Waals surface area contributed by atoms with Crippen molar-refractivity contribution in [3.63, 3.8) is 0 Å². The molecule has 11 nitrogen and oxygen atoms in total. The van der Waals surface area contributed by atoms with Crippen LogP contribution in [0.2, 0.25) is 0 Å². The topological polar surface area (TPSA) is 135 Å². The molecule has 0 amide bonds. The minimum atomic E-state index is -0.395. The lowest BCUT2D eigenvalue weighted by molar-refractivity contribution is 0.117. The first kappa shape index (κ1) is 27.6. The SMILES string of the molecule is C[C@H](Oc1cc(N2Cc3cnn(C)c3C2)nc(-c2noc3c2CCC[C@@]32CCCc3sc(N)c(C#N)c32)n1)[C@@H]1CCCN1C. The van der Waals surface area contributed by atoms with E-state index in [9.17, 15) is 5.26 Å². The Morgan fingerprint density at radius 3 is 2.80 bits per heavy atom. The lowest BCUT2D eigenvalue weighted by atomic mass is 9.63. The summed E-state index contributed by atoms with van der Waals surface area (Å²) in [4.78, 5) is 15.9. The summed E-state index contributed by atoms with van der Waals surface area (Å²) in [6.07, 6.45) is 9.76. The van der Waals surface area contributed by atoms with E-state index in [0.717, 1.165) is 80.7 Å². The van der Waals surface area contributed by atoms with E-state index in [2.05, 4.69) is 40.1 Å². The zero-order valence-corrected chi connectivity index (χ0v) is 26.3. The fraction of sp³-hybridized carbons (Fsp3) is 0.531. The predicted octanol–water partition coefficient (Wildman–Crippen LogP) is 4.72. The second-order valence-electron chi connectivity index (χ2n) is 12.9. The van der Waals surface area contributed by atoms with Gasteiger partial charge in [-0.15, -0.1) is 11.3 Å². The summed E-state index contributed by atoms with van der Waals surface area (Å²) in [6, 6.07) is 4.71. The Bertz CT molecular complexity index is 1800. The van der Waals surface area contributed by atoms with Gasteiger partial charge in [0.25, 0.3) is 0 Å². The maximum Gasteiger partial charge on any atom is 0.219 e. The first-order valence-electron chi connectivity index (χ1n) is 15.7. The Hall–Kier alpha value is -3.95. The van der Waals surface area contributed by atoms with E-state index < -0.39 is 5.41 Å². The van der Waals surface area contributed by atoms with Gasteiger partial charge in [-0.25, -0.2) is 4.98 Å². The van der Waals surface area contributed by atoms with Gasteiger partial charge in [-0.3, -0.25) is 9.58 Å². The quantitative estimate of drug-likeness (QED) is 0.338. The molecule has 2 N–H and O–H groups in total. The maximum atomic E-state index is 10.1. The molecule has 6 heterocycles. The number of anilines is 2. The smallest absolute Gasteiger partial charge is 0.219 e. The summed E-state index contributed by atoms with van der Waals surface area (Å²) in [7, 11) is 4.14. The number of nitrogens with two attached hydrogens (primary N) is 1. The van der Waals surface area contributed by atoms with Crippen LogP contribution in [0.4, 0.5) is 10.8 Å². The van der Waals surface area contributed by atoms with Crippen LogP contribution in [-0.2, 0) is 38.4 Å². The molecule has 2 aliphatic carbocycles. The number of likely N-dealkylation sites (N-methyl/N-ethyl adjacent to an activating group) is 1. The largest absolute Gasteiger partial charge is 0.473 e. The second kappa shape index (κ2) is 10.3. The van der Waals surface area contributed by atoms with Crippen LogP contribution in [0.1, 0.15) is 84.0 Å². The summed E-state index contributed by atoms with van der Waals surface area (Å²) in [5.74, 6) is 2.72. The molecular weight excluding hydrogens is 574 g/mol. The van der Waals surface area contributed by atoms with E-state index >= 15 is 0 Å². The minimum absolute atomic E-state index is 0.0262. The number of ether oxygens (including phenoxy) is 1. The highest BCUT2D eigenvalue weighted by Gasteiger charge is 2.49. The van der Waals surface area contributed by atoms with Gasteiger partial charge in [-0.1, -0.05) is 5.16 Å². The molecule has 0 radical (unpaired) electrons. The molecule has 0 unspecified atom stereocenters. The molecular formula is C32H37N9O2S. The van der Waals surface area contributed by atoms with Crippen molar-refractivity contribution in [2.75, 3.05) is 24.2 Å². The van der Waals surface area contributed by atoms with Gasteiger partial charge >= 0.3 is 0 Å². The Balaban J connectivity index is 1.21. The molecule has 1 saturated heterocycles. The summed E-state index contributed by atoms with van der Waals surface area (Å²) >= 11 is 1.55. The average Bonchev–Trinajstić information content (AvgIpc) is 3.83. The number of hydrogen-bond acceptors (Lipinski definition) is 11. The molecule has 228 valence electrons. The molecule has 44 heavy (non-hydrogen) atoms. The van der Waals surface area contributed by atoms with Crippen LogP contribution in [-0.4, -0.2) is 55.5 Å². The summed E-state index contributed by atoms with van der Waals surface area (Å²) in [5.41, 5.74) is 11.7. The first-order valence-corrected chi connectivity index (χ1v) is 16.5. The highest BCUT2D eigenvalue weighted by molar-refractivity contribution is 7.16. The Morgan fingerprint density at radius 2 is 2.02 bits per heavy atom. The summed E-state index contributed by atoms with van der Waals surface area (Å²) < 4.78 is 14.8. The van der Waals surface area contributed by atoms with E-state index in [-0.39, 0.29) is 6.10 Å². The third-order valence-corrected chi connectivity index (χ3v) is 11.4. The third-order valence-electron chi connectivity index (χ3n) is 10.4. The third kappa shape index (κ3) is 4.16. The number of nitrogen functional groups attached to an aromatic ring is 1. The molecule has 0 bridgehead atoms. The lowest BCUT2D eigenvalue weighted by Gasteiger charge is -2.39. The maximum absolute atomic E-state index is 10.1. The summed E-state index contributed by atoms with van der Waals surface area (Å²) in [6.45, 7) is 4.64. The molecule has 0 aromatic carbocycles. The standard InChI is InChI=1S/C32H37N9O2S/c1-18(22-8-6-12-39(22)2)42-26-13-25(41-16-19-15-35-40(3)23(19)17-41)36-31(37-26)28-20-7-4-10-32(29(20)43-38-28)11-5-9-24-27(32)21(14-33)30(34)44-24/h13,15,18,22H,4-12,16-17,34H2,1-3H3/t18-,22-,32-/m0/s1. The van der Waals surface area contributed by atoms with Crippen molar-refractivity contribution in [2.24, 2.45) is 7.05 Å². The first-order chi connectivity index (χ1) is 21.4. The number of hydrogen-bond donors (Lipinski definition) is 1. The van der Waals surface area contributed by atoms with Crippen LogP contribution in [0.3, 0.4) is 0 Å². The monoisotopic (exact) mass is 611 g/mol. The predicted molar refractivity (Wildman–Crippen MR) is 166 cm³/mol. The number of likely N-dealkylation sites (tertiary alicyclic amines) is 1. The Morgan fingerprint density at radius 1 is 1.18 bits per heavy atom. The number of fused-ring (bicyclic) bond motifs is 5. The van der Waals surface area contributed by atoms with Crippen LogP contribution in [0.15, 0.2) is 16.8 Å². The number of nitriles is 1. The van der Waals surface area contributed by atoms with E-state index in [0.29, 0.717) is 40.5 Å². The molecule has 8 rings (SSSR count). The molecule has 12 heteroatoms. The molecule has 2 aliphatic heterocycles. The number of rotatable bonds is 5. The number of thiophene rings is 1. The number of aromatic nitrogens is 5. The number of nitrogens with zero attached hydrogens (tertiary/aromatic N) is 8. The molecule has 1 fully saturated rings. The molecule has 3 atom stereocenters. The van der Waals surface area contributed by atoms with Crippen molar-refractivity contribution in [1.82, 2.24) is 29.8 Å². The molecule has 4 aliphatic rings. The average molecular weight is 612 g/mol. The van der Waals surface area contributed by atoms with E-state index in [1.165, 1.54) is 22.6 Å². The second-order valence-corrected chi connectivity index (χ2v) is 14.0.